The van der Waals surface area contributed by atoms with E-state index in [1.807, 2.05) is 6.07 Å². The summed E-state index contributed by atoms with van der Waals surface area (Å²) in [5.41, 5.74) is 5.31. The van der Waals surface area contributed by atoms with Crippen molar-refractivity contribution in [3.8, 4) is 0 Å². The van der Waals surface area contributed by atoms with Crippen LogP contribution in [0.1, 0.15) is 25.7 Å². The van der Waals surface area contributed by atoms with Crippen molar-refractivity contribution in [2.75, 3.05) is 6.54 Å². The van der Waals surface area contributed by atoms with Crippen LogP contribution in [0.4, 0.5) is 0 Å². The fourth-order valence-corrected chi connectivity index (χ4v) is 4.65. The zero-order valence-corrected chi connectivity index (χ0v) is 14.2. The minimum Gasteiger partial charge on any atom is -0.329 e. The zero-order valence-electron chi connectivity index (χ0n) is 10.4. The van der Waals surface area contributed by atoms with E-state index in [1.54, 1.807) is 18.2 Å². The van der Waals surface area contributed by atoms with E-state index in [0.29, 0.717) is 11.4 Å². The molecule has 1 fully saturated rings. The lowest BCUT2D eigenvalue weighted by Crippen LogP contribution is -2.51. The number of rotatable bonds is 4. The molecule has 0 bridgehead atoms. The molecule has 7 heteroatoms. The zero-order chi connectivity index (χ0) is 13.2. The molecule has 0 aliphatic heterocycles. The van der Waals surface area contributed by atoms with Crippen molar-refractivity contribution < 1.29 is 8.42 Å². The minimum absolute atomic E-state index is 0. The minimum atomic E-state index is -3.47. The highest BCUT2D eigenvalue weighted by molar-refractivity contribution is 14.1. The van der Waals surface area contributed by atoms with E-state index < -0.39 is 15.6 Å². The van der Waals surface area contributed by atoms with Crippen molar-refractivity contribution in [2.24, 2.45) is 5.73 Å². The maximum absolute atomic E-state index is 12.3. The summed E-state index contributed by atoms with van der Waals surface area (Å²) >= 11 is 2.11. The third-order valence-corrected chi connectivity index (χ3v) is 5.66. The normalized spacial score (nSPS) is 18.0. The van der Waals surface area contributed by atoms with E-state index in [1.165, 1.54) is 0 Å². The molecule has 0 unspecified atom stereocenters. The Morgan fingerprint density at radius 3 is 2.47 bits per heavy atom. The van der Waals surface area contributed by atoms with Crippen LogP contribution in [-0.4, -0.2) is 20.5 Å². The van der Waals surface area contributed by atoms with Crippen LogP contribution >= 0.6 is 35.0 Å². The van der Waals surface area contributed by atoms with Crippen LogP contribution in [0.15, 0.2) is 29.2 Å². The van der Waals surface area contributed by atoms with Crippen LogP contribution in [0.3, 0.4) is 0 Å². The van der Waals surface area contributed by atoms with Crippen molar-refractivity contribution in [2.45, 2.75) is 36.1 Å². The SMILES string of the molecule is Cl.NCC1(NS(=O)(=O)c2cccc(I)c2)CCCC1. The molecule has 1 aromatic carbocycles. The molecule has 0 heterocycles. The second kappa shape index (κ2) is 6.71. The standard InChI is InChI=1S/C12H17IN2O2S.ClH/c13-10-4-3-5-11(8-10)18(16,17)15-12(9-14)6-1-2-7-12;/h3-5,8,15H,1-2,6-7,9,14H2;1H. The average molecular weight is 417 g/mol. The average Bonchev–Trinajstić information content (AvgIpc) is 2.77. The molecule has 1 aromatic rings. The number of halogens is 2. The lowest BCUT2D eigenvalue weighted by atomic mass is 10.0. The highest BCUT2D eigenvalue weighted by Gasteiger charge is 2.36. The van der Waals surface area contributed by atoms with E-state index in [0.717, 1.165) is 29.3 Å². The number of nitrogens with one attached hydrogen (secondary N) is 1. The number of hydrogen-bond acceptors (Lipinski definition) is 3. The summed E-state index contributed by atoms with van der Waals surface area (Å²) in [7, 11) is -3.47. The Balaban J connectivity index is 0.00000180. The van der Waals surface area contributed by atoms with Gasteiger partial charge in [-0.3, -0.25) is 0 Å². The number of sulfonamides is 1. The molecule has 3 N–H and O–H groups in total. The number of hydrogen-bond donors (Lipinski definition) is 2. The maximum atomic E-state index is 12.3. The maximum Gasteiger partial charge on any atom is 0.241 e. The van der Waals surface area contributed by atoms with Crippen LogP contribution in [0.25, 0.3) is 0 Å². The Hall–Kier alpha value is 0.110. The summed E-state index contributed by atoms with van der Waals surface area (Å²) in [5.74, 6) is 0. The first-order chi connectivity index (χ1) is 8.47. The summed E-state index contributed by atoms with van der Waals surface area (Å²) in [4.78, 5) is 0.314. The Labute approximate surface area is 134 Å². The quantitative estimate of drug-likeness (QED) is 0.740. The second-order valence-electron chi connectivity index (χ2n) is 4.75. The summed E-state index contributed by atoms with van der Waals surface area (Å²) in [6, 6.07) is 6.90. The van der Waals surface area contributed by atoms with Gasteiger partial charge in [0.2, 0.25) is 10.0 Å². The topological polar surface area (TPSA) is 72.2 Å². The third-order valence-electron chi connectivity index (χ3n) is 3.41. The van der Waals surface area contributed by atoms with Crippen molar-refractivity contribution in [1.82, 2.24) is 4.72 Å². The van der Waals surface area contributed by atoms with Gasteiger partial charge in [-0.2, -0.15) is 0 Å². The molecule has 0 atom stereocenters. The molecule has 1 aliphatic carbocycles. The first-order valence-electron chi connectivity index (χ1n) is 5.97. The molecular weight excluding hydrogens is 399 g/mol. The fourth-order valence-electron chi connectivity index (χ4n) is 2.38. The largest absolute Gasteiger partial charge is 0.329 e. The van der Waals surface area contributed by atoms with Crippen LogP contribution in [-0.2, 0) is 10.0 Å². The molecule has 108 valence electrons. The Morgan fingerprint density at radius 2 is 1.95 bits per heavy atom. The van der Waals surface area contributed by atoms with Gasteiger partial charge in [0, 0.05) is 15.7 Å². The predicted octanol–water partition coefficient (Wildman–Crippen LogP) is 2.26. The summed E-state index contributed by atoms with van der Waals surface area (Å²) < 4.78 is 28.4. The molecule has 0 amide bonds. The Kier molecular flexibility index (Phi) is 6.06. The van der Waals surface area contributed by atoms with Gasteiger partial charge in [0.25, 0.3) is 0 Å². The smallest absolute Gasteiger partial charge is 0.241 e. The molecule has 4 nitrogen and oxygen atoms in total. The van der Waals surface area contributed by atoms with Crippen LogP contribution < -0.4 is 10.5 Å². The molecule has 0 radical (unpaired) electrons. The molecule has 0 aromatic heterocycles. The van der Waals surface area contributed by atoms with Gasteiger partial charge >= 0.3 is 0 Å². The first kappa shape index (κ1) is 17.2. The van der Waals surface area contributed by atoms with E-state index >= 15 is 0 Å². The van der Waals surface area contributed by atoms with Crippen LogP contribution in [0, 0.1) is 3.57 Å². The van der Waals surface area contributed by atoms with Crippen molar-refractivity contribution >= 4 is 45.0 Å². The molecule has 0 saturated heterocycles. The van der Waals surface area contributed by atoms with E-state index in [4.69, 9.17) is 5.73 Å². The molecule has 1 saturated carbocycles. The molecule has 19 heavy (non-hydrogen) atoms. The third kappa shape index (κ3) is 4.04. The summed E-state index contributed by atoms with van der Waals surface area (Å²) in [6.07, 6.45) is 3.72. The van der Waals surface area contributed by atoms with E-state index in [2.05, 4.69) is 27.3 Å². The lowest BCUT2D eigenvalue weighted by molar-refractivity contribution is 0.399. The molecule has 1 aliphatic rings. The van der Waals surface area contributed by atoms with Gasteiger partial charge in [-0.15, -0.1) is 12.4 Å². The van der Waals surface area contributed by atoms with Gasteiger partial charge in [0.05, 0.1) is 4.90 Å². The first-order valence-corrected chi connectivity index (χ1v) is 8.53. The van der Waals surface area contributed by atoms with Crippen molar-refractivity contribution in [3.63, 3.8) is 0 Å². The highest BCUT2D eigenvalue weighted by atomic mass is 127. The molecule has 0 spiro atoms. The van der Waals surface area contributed by atoms with Gasteiger partial charge in [-0.1, -0.05) is 18.9 Å². The second-order valence-corrected chi connectivity index (χ2v) is 7.68. The predicted molar refractivity (Wildman–Crippen MR) is 87.0 cm³/mol. The Morgan fingerprint density at radius 1 is 1.32 bits per heavy atom. The van der Waals surface area contributed by atoms with Crippen LogP contribution in [0.5, 0.6) is 0 Å². The lowest BCUT2D eigenvalue weighted by Gasteiger charge is -2.28. The van der Waals surface area contributed by atoms with E-state index in [9.17, 15) is 8.42 Å². The van der Waals surface area contributed by atoms with Crippen molar-refractivity contribution in [1.29, 1.82) is 0 Å². The Bertz CT molecular complexity index is 530. The monoisotopic (exact) mass is 416 g/mol. The fraction of sp³-hybridized carbons (Fsp3) is 0.500. The highest BCUT2D eigenvalue weighted by Crippen LogP contribution is 2.30. The summed E-state index contributed by atoms with van der Waals surface area (Å²) in [5, 5.41) is 0. The van der Waals surface area contributed by atoms with Gasteiger partial charge < -0.3 is 5.73 Å². The van der Waals surface area contributed by atoms with Gasteiger partial charge in [0.15, 0.2) is 0 Å². The number of benzene rings is 1. The van der Waals surface area contributed by atoms with Crippen LogP contribution in [0.2, 0.25) is 0 Å². The van der Waals surface area contributed by atoms with Gasteiger partial charge in [-0.05, 0) is 53.6 Å². The van der Waals surface area contributed by atoms with Gasteiger partial charge in [-0.25, -0.2) is 13.1 Å². The molecular formula is C12H18ClIN2O2S. The van der Waals surface area contributed by atoms with Crippen molar-refractivity contribution in [3.05, 3.63) is 27.8 Å². The molecule has 2 rings (SSSR count). The number of nitrogens with two attached hydrogens (primary N) is 1. The van der Waals surface area contributed by atoms with Gasteiger partial charge in [0.1, 0.15) is 0 Å². The summed E-state index contributed by atoms with van der Waals surface area (Å²) in [6.45, 7) is 0.357. The van der Waals surface area contributed by atoms with E-state index in [-0.39, 0.29) is 12.4 Å².